The topological polar surface area (TPSA) is 85.1 Å². The summed E-state index contributed by atoms with van der Waals surface area (Å²) in [5.74, 6) is -0.502. The van der Waals surface area contributed by atoms with Gasteiger partial charge in [0, 0.05) is 26.2 Å². The van der Waals surface area contributed by atoms with Crippen LogP contribution in [0.5, 0.6) is 0 Å². The summed E-state index contributed by atoms with van der Waals surface area (Å²) >= 11 is 0. The van der Waals surface area contributed by atoms with Crippen LogP contribution in [-0.2, 0) is 9.47 Å². The fourth-order valence-electron chi connectivity index (χ4n) is 2.00. The van der Waals surface area contributed by atoms with E-state index in [1.165, 1.54) is 6.26 Å². The maximum Gasteiger partial charge on any atom is 0.409 e. The normalized spacial score (nSPS) is 15.0. The van der Waals surface area contributed by atoms with Gasteiger partial charge in [-0.3, -0.25) is 0 Å². The molecule has 0 spiro atoms. The molecule has 0 N–H and O–H groups in total. The van der Waals surface area contributed by atoms with E-state index in [2.05, 4.69) is 4.98 Å². The van der Waals surface area contributed by atoms with Crippen LogP contribution in [-0.4, -0.2) is 61.3 Å². The molecule has 0 saturated carbocycles. The lowest BCUT2D eigenvalue weighted by Crippen LogP contribution is -2.49. The fourth-order valence-corrected chi connectivity index (χ4v) is 2.00. The Morgan fingerprint density at radius 3 is 2.48 bits per heavy atom. The molecule has 1 fully saturated rings. The number of piperazine rings is 1. The van der Waals surface area contributed by atoms with E-state index in [4.69, 9.17) is 13.9 Å². The Morgan fingerprint density at radius 1 is 1.19 bits per heavy atom. The standard InChI is InChI=1S/C13H19N3O5/c1-3-19-11(17)10-9-21-12(14-10)15-5-7-16(8-6-15)13(18)20-4-2/h9H,3-8H2,1-2H3. The lowest BCUT2D eigenvalue weighted by Gasteiger charge is -2.32. The number of ether oxygens (including phenoxy) is 2. The van der Waals surface area contributed by atoms with Gasteiger partial charge in [-0.2, -0.15) is 4.98 Å². The zero-order chi connectivity index (χ0) is 15.2. The molecule has 1 saturated heterocycles. The number of anilines is 1. The van der Waals surface area contributed by atoms with Crippen LogP contribution in [0.25, 0.3) is 0 Å². The molecular formula is C13H19N3O5. The highest BCUT2D eigenvalue weighted by Gasteiger charge is 2.25. The van der Waals surface area contributed by atoms with Crippen molar-refractivity contribution in [2.45, 2.75) is 13.8 Å². The molecular weight excluding hydrogens is 278 g/mol. The van der Waals surface area contributed by atoms with E-state index >= 15 is 0 Å². The number of hydrogen-bond acceptors (Lipinski definition) is 7. The van der Waals surface area contributed by atoms with Gasteiger partial charge in [-0.1, -0.05) is 0 Å². The van der Waals surface area contributed by atoms with Crippen molar-refractivity contribution < 1.29 is 23.5 Å². The SMILES string of the molecule is CCOC(=O)c1coc(N2CCN(C(=O)OCC)CC2)n1. The third-order valence-corrected chi connectivity index (χ3v) is 3.05. The molecule has 1 amide bonds. The zero-order valence-electron chi connectivity index (χ0n) is 12.2. The van der Waals surface area contributed by atoms with Crippen molar-refractivity contribution in [2.75, 3.05) is 44.3 Å². The highest BCUT2D eigenvalue weighted by atomic mass is 16.6. The predicted molar refractivity (Wildman–Crippen MR) is 73.3 cm³/mol. The maximum absolute atomic E-state index is 11.6. The van der Waals surface area contributed by atoms with Gasteiger partial charge in [0.15, 0.2) is 5.69 Å². The molecule has 0 bridgehead atoms. The van der Waals surface area contributed by atoms with Gasteiger partial charge in [-0.25, -0.2) is 9.59 Å². The number of hydrogen-bond donors (Lipinski definition) is 0. The minimum absolute atomic E-state index is 0.152. The van der Waals surface area contributed by atoms with Gasteiger partial charge in [-0.15, -0.1) is 0 Å². The molecule has 1 aliphatic rings. The minimum Gasteiger partial charge on any atom is -0.461 e. The number of esters is 1. The van der Waals surface area contributed by atoms with E-state index < -0.39 is 5.97 Å². The van der Waals surface area contributed by atoms with Gasteiger partial charge in [0.2, 0.25) is 0 Å². The third-order valence-electron chi connectivity index (χ3n) is 3.05. The van der Waals surface area contributed by atoms with E-state index in [1.807, 2.05) is 4.90 Å². The Morgan fingerprint density at radius 2 is 1.86 bits per heavy atom. The van der Waals surface area contributed by atoms with Crippen LogP contribution in [0.1, 0.15) is 24.3 Å². The Kier molecular flexibility index (Phi) is 5.02. The second-order valence-electron chi connectivity index (χ2n) is 4.41. The minimum atomic E-state index is -0.502. The van der Waals surface area contributed by atoms with Crippen LogP contribution < -0.4 is 4.90 Å². The van der Waals surface area contributed by atoms with Crippen LogP contribution in [0.2, 0.25) is 0 Å². The van der Waals surface area contributed by atoms with E-state index in [9.17, 15) is 9.59 Å². The summed E-state index contributed by atoms with van der Waals surface area (Å²) in [6.45, 7) is 6.35. The molecule has 116 valence electrons. The molecule has 1 aliphatic heterocycles. The smallest absolute Gasteiger partial charge is 0.409 e. The Hall–Kier alpha value is -2.25. The number of rotatable bonds is 4. The molecule has 0 radical (unpaired) electrons. The fraction of sp³-hybridized carbons (Fsp3) is 0.615. The number of carbonyl (C=O) groups excluding carboxylic acids is 2. The summed E-state index contributed by atoms with van der Waals surface area (Å²) in [5, 5.41) is 0. The van der Waals surface area contributed by atoms with Gasteiger partial charge in [-0.05, 0) is 13.8 Å². The molecule has 1 aromatic heterocycles. The molecule has 0 aliphatic carbocycles. The van der Waals surface area contributed by atoms with Gasteiger partial charge in [0.25, 0.3) is 6.01 Å². The number of carbonyl (C=O) groups is 2. The lowest BCUT2D eigenvalue weighted by molar-refractivity contribution is 0.0519. The van der Waals surface area contributed by atoms with Gasteiger partial charge in [0.1, 0.15) is 6.26 Å². The van der Waals surface area contributed by atoms with Crippen LogP contribution >= 0.6 is 0 Å². The Labute approximate surface area is 122 Å². The van der Waals surface area contributed by atoms with Crippen molar-refractivity contribution >= 4 is 18.1 Å². The van der Waals surface area contributed by atoms with Crippen molar-refractivity contribution in [3.05, 3.63) is 12.0 Å². The van der Waals surface area contributed by atoms with Crippen LogP contribution in [0, 0.1) is 0 Å². The number of nitrogens with zero attached hydrogens (tertiary/aromatic N) is 3. The van der Waals surface area contributed by atoms with Crippen LogP contribution in [0.15, 0.2) is 10.7 Å². The summed E-state index contributed by atoms with van der Waals surface area (Å²) < 4.78 is 15.1. The molecule has 2 heterocycles. The number of aromatic nitrogens is 1. The molecule has 21 heavy (non-hydrogen) atoms. The average Bonchev–Trinajstić information content (AvgIpc) is 2.98. The predicted octanol–water partition coefficient (Wildman–Crippen LogP) is 1.13. The van der Waals surface area contributed by atoms with Gasteiger partial charge in [0.05, 0.1) is 13.2 Å². The number of amides is 1. The van der Waals surface area contributed by atoms with Crippen LogP contribution in [0.4, 0.5) is 10.8 Å². The molecule has 0 unspecified atom stereocenters. The second kappa shape index (κ2) is 6.96. The van der Waals surface area contributed by atoms with Crippen molar-refractivity contribution in [2.24, 2.45) is 0 Å². The van der Waals surface area contributed by atoms with Gasteiger partial charge >= 0.3 is 12.1 Å². The Bertz CT molecular complexity index is 494. The van der Waals surface area contributed by atoms with E-state index in [1.54, 1.807) is 18.7 Å². The first-order valence-electron chi connectivity index (χ1n) is 6.95. The first-order valence-corrected chi connectivity index (χ1v) is 6.95. The Balaban J connectivity index is 1.90. The summed E-state index contributed by atoms with van der Waals surface area (Å²) in [6.07, 6.45) is 0.974. The van der Waals surface area contributed by atoms with Crippen molar-refractivity contribution in [1.29, 1.82) is 0 Å². The summed E-state index contributed by atoms with van der Waals surface area (Å²) in [6, 6.07) is 0.363. The highest BCUT2D eigenvalue weighted by molar-refractivity contribution is 5.87. The number of oxazole rings is 1. The van der Waals surface area contributed by atoms with E-state index in [-0.39, 0.29) is 11.8 Å². The van der Waals surface area contributed by atoms with Crippen molar-refractivity contribution in [1.82, 2.24) is 9.88 Å². The first kappa shape index (κ1) is 15.1. The molecule has 2 rings (SSSR count). The first-order chi connectivity index (χ1) is 10.2. The largest absolute Gasteiger partial charge is 0.461 e. The third kappa shape index (κ3) is 3.65. The highest BCUT2D eigenvalue weighted by Crippen LogP contribution is 2.16. The maximum atomic E-state index is 11.6. The summed E-state index contributed by atoms with van der Waals surface area (Å²) in [5.41, 5.74) is 0.152. The van der Waals surface area contributed by atoms with Gasteiger partial charge < -0.3 is 23.7 Å². The van der Waals surface area contributed by atoms with Crippen LogP contribution in [0.3, 0.4) is 0 Å². The average molecular weight is 297 g/mol. The second-order valence-corrected chi connectivity index (χ2v) is 4.41. The zero-order valence-corrected chi connectivity index (χ0v) is 12.2. The summed E-state index contributed by atoms with van der Waals surface area (Å²) in [7, 11) is 0. The van der Waals surface area contributed by atoms with E-state index in [0.717, 1.165) is 0 Å². The quantitative estimate of drug-likeness (QED) is 0.770. The monoisotopic (exact) mass is 297 g/mol. The molecule has 8 heteroatoms. The van der Waals surface area contributed by atoms with E-state index in [0.29, 0.717) is 45.4 Å². The molecule has 8 nitrogen and oxygen atoms in total. The molecule has 0 atom stereocenters. The van der Waals surface area contributed by atoms with Crippen molar-refractivity contribution in [3.63, 3.8) is 0 Å². The lowest BCUT2D eigenvalue weighted by atomic mass is 10.3. The molecule has 1 aromatic rings. The molecule has 0 aromatic carbocycles. The van der Waals surface area contributed by atoms with Crippen molar-refractivity contribution in [3.8, 4) is 0 Å². The summed E-state index contributed by atoms with van der Waals surface area (Å²) in [4.78, 5) is 30.7.